The van der Waals surface area contributed by atoms with Crippen molar-refractivity contribution in [3.8, 4) is 0 Å². The molecule has 0 fully saturated rings. The number of halogens is 3. The maximum Gasteiger partial charge on any atom is 0.414 e. The zero-order valence-corrected chi connectivity index (χ0v) is 9.29. The molecule has 0 saturated heterocycles. The number of hydrogen-bond acceptors (Lipinski definition) is 2. The van der Waals surface area contributed by atoms with Crippen LogP contribution in [0.5, 0.6) is 0 Å². The third-order valence-electron chi connectivity index (χ3n) is 2.28. The summed E-state index contributed by atoms with van der Waals surface area (Å²) in [5.41, 5.74) is 1.14. The van der Waals surface area contributed by atoms with Crippen LogP contribution in [0, 0.1) is 0 Å². The molecule has 0 heterocycles. The molecule has 1 N–H and O–H groups in total. The smallest absolute Gasteiger partial charge is 0.383 e. The molecule has 1 rings (SSSR count). The standard InChI is InChI=1S/C12H13F3O2/c1-8(16)6-9-2-4-10(5-3-9)7-11(17)12(13,14)15/h2-5,11,17H,6-7H2,1H3. The predicted octanol–water partition coefficient (Wildman–Crippen LogP) is 2.28. The van der Waals surface area contributed by atoms with Gasteiger partial charge in [-0.2, -0.15) is 13.2 Å². The molecule has 0 aromatic heterocycles. The van der Waals surface area contributed by atoms with Gasteiger partial charge in [0.1, 0.15) is 5.78 Å². The first-order valence-corrected chi connectivity index (χ1v) is 5.11. The van der Waals surface area contributed by atoms with Crippen LogP contribution in [0.15, 0.2) is 24.3 Å². The van der Waals surface area contributed by atoms with E-state index >= 15 is 0 Å². The third-order valence-corrected chi connectivity index (χ3v) is 2.28. The Kier molecular flexibility index (Phi) is 4.28. The second-order valence-electron chi connectivity index (χ2n) is 3.96. The van der Waals surface area contributed by atoms with Crippen molar-refractivity contribution >= 4 is 5.78 Å². The highest BCUT2D eigenvalue weighted by molar-refractivity contribution is 5.78. The summed E-state index contributed by atoms with van der Waals surface area (Å²) in [5.74, 6) is -0.00641. The molecule has 94 valence electrons. The van der Waals surface area contributed by atoms with E-state index in [2.05, 4.69) is 0 Å². The number of hydrogen-bond donors (Lipinski definition) is 1. The number of alkyl halides is 3. The number of rotatable bonds is 4. The van der Waals surface area contributed by atoms with Crippen LogP contribution in [0.2, 0.25) is 0 Å². The molecular weight excluding hydrogens is 233 g/mol. The Morgan fingerprint density at radius 2 is 1.71 bits per heavy atom. The summed E-state index contributed by atoms with van der Waals surface area (Å²) in [6, 6.07) is 6.18. The largest absolute Gasteiger partial charge is 0.414 e. The number of ketones is 1. The fourth-order valence-corrected chi connectivity index (χ4v) is 1.42. The lowest BCUT2D eigenvalue weighted by Gasteiger charge is -2.14. The van der Waals surface area contributed by atoms with Crippen molar-refractivity contribution in [1.82, 2.24) is 0 Å². The molecule has 0 aliphatic carbocycles. The molecular formula is C12H13F3O2. The Balaban J connectivity index is 2.65. The first kappa shape index (κ1) is 13.7. The van der Waals surface area contributed by atoms with E-state index in [0.717, 1.165) is 5.56 Å². The molecule has 1 aromatic carbocycles. The van der Waals surface area contributed by atoms with E-state index < -0.39 is 18.7 Å². The highest BCUT2D eigenvalue weighted by Gasteiger charge is 2.37. The van der Waals surface area contributed by atoms with Gasteiger partial charge >= 0.3 is 6.18 Å². The van der Waals surface area contributed by atoms with Crippen LogP contribution in [-0.2, 0) is 17.6 Å². The highest BCUT2D eigenvalue weighted by Crippen LogP contribution is 2.23. The predicted molar refractivity (Wildman–Crippen MR) is 56.6 cm³/mol. The summed E-state index contributed by atoms with van der Waals surface area (Å²) in [6.45, 7) is 1.45. The molecule has 0 spiro atoms. The van der Waals surface area contributed by atoms with E-state index in [1.54, 1.807) is 12.1 Å². The first-order chi connectivity index (χ1) is 7.79. The van der Waals surface area contributed by atoms with Crippen LogP contribution in [-0.4, -0.2) is 23.2 Å². The average molecular weight is 246 g/mol. The maximum absolute atomic E-state index is 12.1. The van der Waals surface area contributed by atoms with Gasteiger partial charge in [0.15, 0.2) is 6.10 Å². The van der Waals surface area contributed by atoms with E-state index in [9.17, 15) is 18.0 Å². The minimum atomic E-state index is -4.60. The molecule has 2 nitrogen and oxygen atoms in total. The number of Topliss-reactive ketones (excluding diaryl/α,β-unsaturated/α-hetero) is 1. The molecule has 17 heavy (non-hydrogen) atoms. The van der Waals surface area contributed by atoms with Crippen molar-refractivity contribution in [3.05, 3.63) is 35.4 Å². The zero-order chi connectivity index (χ0) is 13.1. The van der Waals surface area contributed by atoms with E-state index in [0.29, 0.717) is 5.56 Å². The van der Waals surface area contributed by atoms with Gasteiger partial charge in [0, 0.05) is 12.8 Å². The SMILES string of the molecule is CC(=O)Cc1ccc(CC(O)C(F)(F)F)cc1. The molecule has 1 atom stereocenters. The fourth-order valence-electron chi connectivity index (χ4n) is 1.42. The molecule has 0 radical (unpaired) electrons. The molecule has 0 aliphatic heterocycles. The Morgan fingerprint density at radius 3 is 2.12 bits per heavy atom. The third kappa shape index (κ3) is 4.56. The molecule has 0 saturated carbocycles. The highest BCUT2D eigenvalue weighted by atomic mass is 19.4. The normalized spacial score (nSPS) is 13.5. The van der Waals surface area contributed by atoms with Crippen LogP contribution >= 0.6 is 0 Å². The maximum atomic E-state index is 12.1. The van der Waals surface area contributed by atoms with Crippen molar-refractivity contribution in [2.75, 3.05) is 0 Å². The lowest BCUT2D eigenvalue weighted by atomic mass is 10.0. The Morgan fingerprint density at radius 1 is 1.24 bits per heavy atom. The Labute approximate surface area is 97.1 Å². The van der Waals surface area contributed by atoms with Gasteiger partial charge in [-0.3, -0.25) is 4.79 Å². The van der Waals surface area contributed by atoms with Crippen LogP contribution in [0.1, 0.15) is 18.1 Å². The van der Waals surface area contributed by atoms with Gasteiger partial charge in [-0.05, 0) is 18.1 Å². The van der Waals surface area contributed by atoms with Crippen LogP contribution in [0.3, 0.4) is 0 Å². The van der Waals surface area contributed by atoms with Gasteiger partial charge in [0.2, 0.25) is 0 Å². The van der Waals surface area contributed by atoms with Crippen molar-refractivity contribution < 1.29 is 23.1 Å². The molecule has 0 aliphatic rings. The Bertz CT molecular complexity index is 382. The van der Waals surface area contributed by atoms with Crippen molar-refractivity contribution in [1.29, 1.82) is 0 Å². The van der Waals surface area contributed by atoms with Gasteiger partial charge in [0.05, 0.1) is 0 Å². The number of aliphatic hydroxyl groups is 1. The average Bonchev–Trinajstić information content (AvgIpc) is 2.18. The van der Waals surface area contributed by atoms with Gasteiger partial charge in [-0.25, -0.2) is 0 Å². The van der Waals surface area contributed by atoms with Crippen molar-refractivity contribution in [3.63, 3.8) is 0 Å². The minimum Gasteiger partial charge on any atom is -0.383 e. The number of benzene rings is 1. The van der Waals surface area contributed by atoms with E-state index in [-0.39, 0.29) is 12.2 Å². The minimum absolute atomic E-state index is 0.00641. The van der Waals surface area contributed by atoms with E-state index in [1.165, 1.54) is 19.1 Å². The van der Waals surface area contributed by atoms with Gasteiger partial charge in [-0.15, -0.1) is 0 Å². The quantitative estimate of drug-likeness (QED) is 0.885. The zero-order valence-electron chi connectivity index (χ0n) is 9.29. The molecule has 5 heteroatoms. The second kappa shape index (κ2) is 5.31. The van der Waals surface area contributed by atoms with Crippen molar-refractivity contribution in [2.45, 2.75) is 32.0 Å². The first-order valence-electron chi connectivity index (χ1n) is 5.11. The van der Waals surface area contributed by atoms with Gasteiger partial charge < -0.3 is 5.11 Å². The van der Waals surface area contributed by atoms with Gasteiger partial charge in [0.25, 0.3) is 0 Å². The summed E-state index contributed by atoms with van der Waals surface area (Å²) >= 11 is 0. The fraction of sp³-hybridized carbons (Fsp3) is 0.417. The van der Waals surface area contributed by atoms with Crippen molar-refractivity contribution in [2.24, 2.45) is 0 Å². The lowest BCUT2D eigenvalue weighted by molar-refractivity contribution is -0.203. The molecule has 0 bridgehead atoms. The summed E-state index contributed by atoms with van der Waals surface area (Å²) in [6.07, 6.45) is -7.15. The summed E-state index contributed by atoms with van der Waals surface area (Å²) in [7, 11) is 0. The monoisotopic (exact) mass is 246 g/mol. The molecule has 1 aromatic rings. The second-order valence-corrected chi connectivity index (χ2v) is 3.96. The van der Waals surface area contributed by atoms with E-state index in [1.807, 2.05) is 0 Å². The number of aliphatic hydroxyl groups excluding tert-OH is 1. The Hall–Kier alpha value is -1.36. The lowest BCUT2D eigenvalue weighted by Crippen LogP contribution is -2.30. The topological polar surface area (TPSA) is 37.3 Å². The number of carbonyl (C=O) groups is 1. The summed E-state index contributed by atoms with van der Waals surface area (Å²) in [4.78, 5) is 10.8. The van der Waals surface area contributed by atoms with Crippen LogP contribution < -0.4 is 0 Å². The van der Waals surface area contributed by atoms with Gasteiger partial charge in [-0.1, -0.05) is 24.3 Å². The summed E-state index contributed by atoms with van der Waals surface area (Å²) < 4.78 is 36.3. The number of carbonyl (C=O) groups excluding carboxylic acids is 1. The van der Waals surface area contributed by atoms with Crippen LogP contribution in [0.4, 0.5) is 13.2 Å². The molecule has 0 amide bonds. The summed E-state index contributed by atoms with van der Waals surface area (Å²) in [5, 5.41) is 8.87. The van der Waals surface area contributed by atoms with E-state index in [4.69, 9.17) is 5.11 Å². The molecule has 1 unspecified atom stereocenters. The van der Waals surface area contributed by atoms with Crippen LogP contribution in [0.25, 0.3) is 0 Å².